The molecule has 0 aliphatic heterocycles. The van der Waals surface area contributed by atoms with Crippen LogP contribution < -0.4 is 5.32 Å². The molecule has 0 spiro atoms. The average molecular weight is 332 g/mol. The highest BCUT2D eigenvalue weighted by atomic mass is 35.5. The molecule has 23 heavy (non-hydrogen) atoms. The van der Waals surface area contributed by atoms with Crippen molar-refractivity contribution < 1.29 is 4.79 Å². The fourth-order valence-corrected chi connectivity index (χ4v) is 3.34. The van der Waals surface area contributed by atoms with Crippen molar-refractivity contribution in [2.24, 2.45) is 7.05 Å². The Morgan fingerprint density at radius 1 is 1.35 bits per heavy atom. The van der Waals surface area contributed by atoms with Gasteiger partial charge in [0.25, 0.3) is 0 Å². The number of aryl methyl sites for hydroxylation is 2. The molecule has 122 valence electrons. The second-order valence-corrected chi connectivity index (χ2v) is 6.76. The van der Waals surface area contributed by atoms with Crippen LogP contribution >= 0.6 is 11.6 Å². The largest absolute Gasteiger partial charge is 0.355 e. The molecule has 0 saturated heterocycles. The quantitative estimate of drug-likeness (QED) is 0.826. The van der Waals surface area contributed by atoms with Crippen LogP contribution in [0.4, 0.5) is 0 Å². The van der Waals surface area contributed by atoms with Gasteiger partial charge in [0.1, 0.15) is 0 Å². The molecule has 0 atom stereocenters. The van der Waals surface area contributed by atoms with Crippen LogP contribution in [-0.4, -0.2) is 22.2 Å². The molecule has 1 fully saturated rings. The summed E-state index contributed by atoms with van der Waals surface area (Å²) >= 11 is 5.96. The first-order chi connectivity index (χ1) is 11.1. The first-order valence-electron chi connectivity index (χ1n) is 8.12. The monoisotopic (exact) mass is 331 g/mol. The summed E-state index contributed by atoms with van der Waals surface area (Å²) in [5.41, 5.74) is 1.94. The van der Waals surface area contributed by atoms with E-state index in [1.165, 1.54) is 5.56 Å². The number of nitrogens with zero attached hydrogens (tertiary/aromatic N) is 2. The molecule has 1 heterocycles. The third-order valence-corrected chi connectivity index (χ3v) is 4.98. The van der Waals surface area contributed by atoms with Crippen molar-refractivity contribution in [2.45, 2.75) is 37.5 Å². The zero-order valence-corrected chi connectivity index (χ0v) is 14.1. The Balaban J connectivity index is 1.54. The molecule has 5 heteroatoms. The van der Waals surface area contributed by atoms with Crippen molar-refractivity contribution in [3.63, 3.8) is 0 Å². The molecule has 1 saturated carbocycles. The van der Waals surface area contributed by atoms with Crippen LogP contribution in [-0.2, 0) is 23.7 Å². The minimum atomic E-state index is -0.348. The molecule has 1 aliphatic rings. The van der Waals surface area contributed by atoms with Gasteiger partial charge in [-0.3, -0.25) is 9.48 Å². The lowest BCUT2D eigenvalue weighted by atomic mass is 9.64. The lowest BCUT2D eigenvalue weighted by Gasteiger charge is -2.40. The van der Waals surface area contributed by atoms with Crippen LogP contribution in [0.2, 0.25) is 5.02 Å². The van der Waals surface area contributed by atoms with Gasteiger partial charge in [-0.15, -0.1) is 0 Å². The normalized spacial score (nSPS) is 15.9. The maximum Gasteiger partial charge on any atom is 0.230 e. The molecule has 3 rings (SSSR count). The highest BCUT2D eigenvalue weighted by molar-refractivity contribution is 6.30. The summed E-state index contributed by atoms with van der Waals surface area (Å²) < 4.78 is 1.80. The number of carbonyl (C=O) groups excluding carboxylic acids is 1. The van der Waals surface area contributed by atoms with Crippen LogP contribution in [0.25, 0.3) is 0 Å². The van der Waals surface area contributed by atoms with Gasteiger partial charge in [-0.05, 0) is 48.9 Å². The number of amides is 1. The summed E-state index contributed by atoms with van der Waals surface area (Å²) in [4.78, 5) is 12.7. The summed E-state index contributed by atoms with van der Waals surface area (Å²) in [5, 5.41) is 7.98. The number of benzene rings is 1. The number of hydrogen-bond acceptors (Lipinski definition) is 2. The van der Waals surface area contributed by atoms with E-state index in [1.54, 1.807) is 4.68 Å². The fourth-order valence-electron chi connectivity index (χ4n) is 3.21. The predicted molar refractivity (Wildman–Crippen MR) is 91.5 cm³/mol. The zero-order chi connectivity index (χ0) is 16.3. The van der Waals surface area contributed by atoms with Gasteiger partial charge >= 0.3 is 0 Å². The molecule has 2 aromatic rings. The zero-order valence-electron chi connectivity index (χ0n) is 13.4. The smallest absolute Gasteiger partial charge is 0.230 e. The molecule has 4 nitrogen and oxygen atoms in total. The van der Waals surface area contributed by atoms with Crippen molar-refractivity contribution in [1.82, 2.24) is 15.1 Å². The molecular formula is C18H22ClN3O. The van der Waals surface area contributed by atoms with E-state index in [0.29, 0.717) is 11.6 Å². The van der Waals surface area contributed by atoms with Gasteiger partial charge in [-0.25, -0.2) is 0 Å². The molecule has 1 aromatic heterocycles. The lowest BCUT2D eigenvalue weighted by Crippen LogP contribution is -2.49. The van der Waals surface area contributed by atoms with Gasteiger partial charge < -0.3 is 5.32 Å². The van der Waals surface area contributed by atoms with Crippen LogP contribution in [0.5, 0.6) is 0 Å². The first-order valence-corrected chi connectivity index (χ1v) is 8.50. The van der Waals surface area contributed by atoms with Crippen LogP contribution in [0, 0.1) is 0 Å². The Morgan fingerprint density at radius 3 is 2.65 bits per heavy atom. The maximum atomic E-state index is 12.7. The Bertz CT molecular complexity index is 674. The number of aromatic nitrogens is 2. The van der Waals surface area contributed by atoms with Crippen molar-refractivity contribution in [1.29, 1.82) is 0 Å². The number of nitrogens with one attached hydrogen (secondary N) is 1. The van der Waals surface area contributed by atoms with Crippen LogP contribution in [0.15, 0.2) is 36.7 Å². The Morgan fingerprint density at radius 2 is 2.09 bits per heavy atom. The predicted octanol–water partition coefficient (Wildman–Crippen LogP) is 3.24. The molecule has 1 aliphatic carbocycles. The number of rotatable bonds is 6. The second kappa shape index (κ2) is 6.75. The average Bonchev–Trinajstić information content (AvgIpc) is 2.90. The van der Waals surface area contributed by atoms with Gasteiger partial charge in [0.05, 0.1) is 11.6 Å². The van der Waals surface area contributed by atoms with Gasteiger partial charge in [-0.2, -0.15) is 5.10 Å². The van der Waals surface area contributed by atoms with Crippen molar-refractivity contribution >= 4 is 17.5 Å². The summed E-state index contributed by atoms with van der Waals surface area (Å²) in [5.74, 6) is 0.150. The number of hydrogen-bond donors (Lipinski definition) is 1. The summed E-state index contributed by atoms with van der Waals surface area (Å²) in [6.07, 6.45) is 8.69. The molecule has 0 radical (unpaired) electrons. The third kappa shape index (κ3) is 3.42. The Kier molecular flexibility index (Phi) is 4.71. The van der Waals surface area contributed by atoms with Gasteiger partial charge in [0.2, 0.25) is 5.91 Å². The van der Waals surface area contributed by atoms with Crippen molar-refractivity contribution in [3.05, 3.63) is 52.8 Å². The van der Waals surface area contributed by atoms with E-state index in [9.17, 15) is 4.79 Å². The third-order valence-electron chi connectivity index (χ3n) is 4.72. The molecule has 1 aromatic carbocycles. The Labute approximate surface area is 141 Å². The van der Waals surface area contributed by atoms with Gasteiger partial charge in [-0.1, -0.05) is 30.2 Å². The van der Waals surface area contributed by atoms with E-state index in [0.717, 1.165) is 37.7 Å². The molecule has 1 N–H and O–H groups in total. The first kappa shape index (κ1) is 16.1. The molecular weight excluding hydrogens is 310 g/mol. The summed E-state index contributed by atoms with van der Waals surface area (Å²) in [6, 6.07) is 7.70. The van der Waals surface area contributed by atoms with Gasteiger partial charge in [0.15, 0.2) is 0 Å². The van der Waals surface area contributed by atoms with Crippen molar-refractivity contribution in [2.75, 3.05) is 6.54 Å². The topological polar surface area (TPSA) is 46.9 Å². The van der Waals surface area contributed by atoms with E-state index in [2.05, 4.69) is 10.4 Å². The standard InChI is InChI=1S/C18H22ClN3O/c1-22-13-14(12-21-22)4-2-11-20-17(23)18(9-3-10-18)15-5-7-16(19)8-6-15/h5-8,12-13H,2-4,9-11H2,1H3,(H,20,23). The molecule has 1 amide bonds. The minimum Gasteiger partial charge on any atom is -0.355 e. The van der Waals surface area contributed by atoms with Crippen molar-refractivity contribution in [3.8, 4) is 0 Å². The summed E-state index contributed by atoms with van der Waals surface area (Å²) in [6.45, 7) is 0.697. The van der Waals surface area contributed by atoms with E-state index in [-0.39, 0.29) is 11.3 Å². The highest BCUT2D eigenvalue weighted by Crippen LogP contribution is 2.44. The van der Waals surface area contributed by atoms with E-state index < -0.39 is 0 Å². The number of carbonyl (C=O) groups is 1. The van der Waals surface area contributed by atoms with E-state index in [1.807, 2.05) is 43.7 Å². The molecule has 0 unspecified atom stereocenters. The lowest BCUT2D eigenvalue weighted by molar-refractivity contribution is -0.129. The van der Waals surface area contributed by atoms with Crippen LogP contribution in [0.3, 0.4) is 0 Å². The fraction of sp³-hybridized carbons (Fsp3) is 0.444. The highest BCUT2D eigenvalue weighted by Gasteiger charge is 2.45. The van der Waals surface area contributed by atoms with Gasteiger partial charge in [0, 0.05) is 24.8 Å². The van der Waals surface area contributed by atoms with E-state index >= 15 is 0 Å². The maximum absolute atomic E-state index is 12.7. The Hall–Kier alpha value is -1.81. The SMILES string of the molecule is Cn1cc(CCCNC(=O)C2(c3ccc(Cl)cc3)CCC2)cn1. The summed E-state index contributed by atoms with van der Waals surface area (Å²) in [7, 11) is 1.91. The number of halogens is 1. The minimum absolute atomic E-state index is 0.150. The van der Waals surface area contributed by atoms with Crippen LogP contribution in [0.1, 0.15) is 36.8 Å². The second-order valence-electron chi connectivity index (χ2n) is 6.32. The van der Waals surface area contributed by atoms with E-state index in [4.69, 9.17) is 11.6 Å². The molecule has 0 bridgehead atoms.